The molecule has 0 bridgehead atoms. The van der Waals surface area contributed by atoms with Gasteiger partial charge < -0.3 is 9.47 Å². The van der Waals surface area contributed by atoms with Gasteiger partial charge in [0.1, 0.15) is 0 Å². The van der Waals surface area contributed by atoms with Gasteiger partial charge in [-0.25, -0.2) is 17.8 Å². The van der Waals surface area contributed by atoms with E-state index in [0.29, 0.717) is 11.5 Å². The lowest BCUT2D eigenvalue weighted by Gasteiger charge is -2.16. The Morgan fingerprint density at radius 1 is 1.00 bits per heavy atom. The molecule has 0 fully saturated rings. The highest BCUT2D eigenvalue weighted by atomic mass is 32.2. The molecule has 0 unspecified atom stereocenters. The number of aryl methyl sites for hydroxylation is 1. The summed E-state index contributed by atoms with van der Waals surface area (Å²) in [6.45, 7) is 5.74. The molecule has 1 atom stereocenters. The molecule has 154 valence electrons. The highest BCUT2D eigenvalue weighted by molar-refractivity contribution is 7.89. The average molecular weight is 416 g/mol. The van der Waals surface area contributed by atoms with Crippen molar-refractivity contribution in [1.29, 1.82) is 0 Å². The summed E-state index contributed by atoms with van der Waals surface area (Å²) >= 11 is 0. The second kappa shape index (κ2) is 8.26. The number of nitrogens with one attached hydrogen (secondary N) is 1. The predicted molar refractivity (Wildman–Crippen MR) is 111 cm³/mol. The zero-order chi connectivity index (χ0) is 21.2. The molecule has 1 aromatic heterocycles. The lowest BCUT2D eigenvalue weighted by molar-refractivity contribution is 0.354. The molecule has 0 spiro atoms. The third kappa shape index (κ3) is 4.28. The number of benzene rings is 2. The van der Waals surface area contributed by atoms with Crippen LogP contribution in [0, 0.1) is 13.8 Å². The molecule has 0 aliphatic carbocycles. The first-order valence-corrected chi connectivity index (χ1v) is 10.6. The fourth-order valence-electron chi connectivity index (χ4n) is 3.14. The lowest BCUT2D eigenvalue weighted by Crippen LogP contribution is -2.27. The first-order chi connectivity index (χ1) is 13.8. The van der Waals surface area contributed by atoms with E-state index >= 15 is 0 Å². The van der Waals surface area contributed by atoms with Gasteiger partial charge in [0.15, 0.2) is 11.5 Å². The van der Waals surface area contributed by atoms with Gasteiger partial charge in [-0.15, -0.1) is 0 Å². The average Bonchev–Trinajstić information content (AvgIpc) is 3.09. The Balaban J connectivity index is 1.86. The minimum Gasteiger partial charge on any atom is -0.493 e. The van der Waals surface area contributed by atoms with Crippen LogP contribution in [-0.4, -0.2) is 32.4 Å². The fraction of sp³-hybridized carbons (Fsp3) is 0.286. The topological polar surface area (TPSA) is 82.5 Å². The minimum absolute atomic E-state index is 0.102. The molecule has 1 N–H and O–H groups in total. The Morgan fingerprint density at radius 3 is 2.28 bits per heavy atom. The van der Waals surface area contributed by atoms with Crippen molar-refractivity contribution in [1.82, 2.24) is 14.5 Å². The molecule has 0 radical (unpaired) electrons. The SMILES string of the molecule is COc1ccc(S(=O)(=O)N[C@H](C)c2cnn(-c3ccc(C)cc3)c2C)cc1OC. The molecule has 8 heteroatoms. The predicted octanol–water partition coefficient (Wildman–Crippen LogP) is 3.55. The summed E-state index contributed by atoms with van der Waals surface area (Å²) in [5.41, 5.74) is 3.76. The van der Waals surface area contributed by atoms with Gasteiger partial charge in [0.25, 0.3) is 0 Å². The van der Waals surface area contributed by atoms with Crippen molar-refractivity contribution in [2.75, 3.05) is 14.2 Å². The van der Waals surface area contributed by atoms with Crippen molar-refractivity contribution in [3.63, 3.8) is 0 Å². The van der Waals surface area contributed by atoms with Crippen LogP contribution >= 0.6 is 0 Å². The van der Waals surface area contributed by atoms with E-state index in [4.69, 9.17) is 9.47 Å². The van der Waals surface area contributed by atoms with Gasteiger partial charge in [-0.3, -0.25) is 0 Å². The zero-order valence-electron chi connectivity index (χ0n) is 17.1. The van der Waals surface area contributed by atoms with E-state index in [9.17, 15) is 8.42 Å². The van der Waals surface area contributed by atoms with Crippen LogP contribution in [0.2, 0.25) is 0 Å². The van der Waals surface area contributed by atoms with E-state index in [0.717, 1.165) is 22.5 Å². The van der Waals surface area contributed by atoms with Crippen molar-refractivity contribution in [3.05, 3.63) is 65.5 Å². The summed E-state index contributed by atoms with van der Waals surface area (Å²) in [6, 6.07) is 12.0. The van der Waals surface area contributed by atoms with E-state index < -0.39 is 16.1 Å². The Labute approximate surface area is 171 Å². The maximum atomic E-state index is 12.9. The number of hydrogen-bond donors (Lipinski definition) is 1. The zero-order valence-corrected chi connectivity index (χ0v) is 17.9. The molecular formula is C21H25N3O4S. The van der Waals surface area contributed by atoms with Crippen LogP contribution in [0.25, 0.3) is 5.69 Å². The van der Waals surface area contributed by atoms with Crippen LogP contribution in [0.1, 0.15) is 29.8 Å². The van der Waals surface area contributed by atoms with Crippen LogP contribution < -0.4 is 14.2 Å². The largest absolute Gasteiger partial charge is 0.493 e. The molecular weight excluding hydrogens is 390 g/mol. The Kier molecular flexibility index (Phi) is 5.95. The van der Waals surface area contributed by atoms with Crippen molar-refractivity contribution in [2.24, 2.45) is 0 Å². The number of rotatable bonds is 7. The third-order valence-corrected chi connectivity index (χ3v) is 6.33. The van der Waals surface area contributed by atoms with E-state index in [2.05, 4.69) is 9.82 Å². The van der Waals surface area contributed by atoms with Crippen LogP contribution in [0.4, 0.5) is 0 Å². The number of hydrogen-bond acceptors (Lipinski definition) is 5. The van der Waals surface area contributed by atoms with Crippen molar-refractivity contribution < 1.29 is 17.9 Å². The van der Waals surface area contributed by atoms with Crippen LogP contribution in [-0.2, 0) is 10.0 Å². The summed E-state index contributed by atoms with van der Waals surface area (Å²) < 4.78 is 40.6. The summed E-state index contributed by atoms with van der Waals surface area (Å²) in [5.74, 6) is 0.820. The smallest absolute Gasteiger partial charge is 0.241 e. The summed E-state index contributed by atoms with van der Waals surface area (Å²) in [5, 5.41) is 4.43. The highest BCUT2D eigenvalue weighted by Crippen LogP contribution is 2.30. The molecule has 3 rings (SSSR count). The molecule has 0 aliphatic heterocycles. The van der Waals surface area contributed by atoms with Gasteiger partial charge in [-0.1, -0.05) is 17.7 Å². The van der Waals surface area contributed by atoms with E-state index in [1.807, 2.05) is 38.1 Å². The molecule has 7 nitrogen and oxygen atoms in total. The van der Waals surface area contributed by atoms with Crippen LogP contribution in [0.15, 0.2) is 53.6 Å². The fourth-order valence-corrected chi connectivity index (χ4v) is 4.38. The van der Waals surface area contributed by atoms with Crippen molar-refractivity contribution >= 4 is 10.0 Å². The van der Waals surface area contributed by atoms with Gasteiger partial charge in [0.2, 0.25) is 10.0 Å². The number of aromatic nitrogens is 2. The molecule has 1 heterocycles. The first-order valence-electron chi connectivity index (χ1n) is 9.12. The third-order valence-electron chi connectivity index (χ3n) is 4.79. The maximum Gasteiger partial charge on any atom is 0.241 e. The van der Waals surface area contributed by atoms with Crippen LogP contribution in [0.3, 0.4) is 0 Å². The van der Waals surface area contributed by atoms with Gasteiger partial charge in [0.05, 0.1) is 31.0 Å². The molecule has 0 amide bonds. The number of methoxy groups -OCH3 is 2. The summed E-state index contributed by atoms with van der Waals surface area (Å²) in [7, 11) is -0.799. The summed E-state index contributed by atoms with van der Waals surface area (Å²) in [4.78, 5) is 0.102. The van der Waals surface area contributed by atoms with Gasteiger partial charge >= 0.3 is 0 Å². The minimum atomic E-state index is -3.77. The molecule has 29 heavy (non-hydrogen) atoms. The molecule has 0 saturated carbocycles. The highest BCUT2D eigenvalue weighted by Gasteiger charge is 2.23. The maximum absolute atomic E-state index is 12.9. The Morgan fingerprint density at radius 2 is 1.66 bits per heavy atom. The van der Waals surface area contributed by atoms with Gasteiger partial charge in [-0.2, -0.15) is 5.10 Å². The first kappa shape index (κ1) is 20.9. The monoisotopic (exact) mass is 415 g/mol. The van der Waals surface area contributed by atoms with Crippen molar-refractivity contribution in [3.8, 4) is 17.2 Å². The molecule has 0 aliphatic rings. The molecule has 0 saturated heterocycles. The van der Waals surface area contributed by atoms with E-state index in [-0.39, 0.29) is 4.90 Å². The van der Waals surface area contributed by atoms with Gasteiger partial charge in [-0.05, 0) is 45.0 Å². The Bertz CT molecular complexity index is 1110. The number of nitrogens with zero attached hydrogens (tertiary/aromatic N) is 2. The van der Waals surface area contributed by atoms with Crippen LogP contribution in [0.5, 0.6) is 11.5 Å². The van der Waals surface area contributed by atoms with Crippen molar-refractivity contribution in [2.45, 2.75) is 31.7 Å². The van der Waals surface area contributed by atoms with Gasteiger partial charge in [0, 0.05) is 23.4 Å². The number of sulfonamides is 1. The van der Waals surface area contributed by atoms with E-state index in [1.165, 1.54) is 26.4 Å². The summed E-state index contributed by atoms with van der Waals surface area (Å²) in [6.07, 6.45) is 1.69. The standard InChI is InChI=1S/C21H25N3O4S/c1-14-6-8-17(9-7-14)24-16(3)19(13-22-24)15(2)23-29(25,26)18-10-11-20(27-4)21(12-18)28-5/h6-13,15,23H,1-5H3/t15-/m1/s1. The lowest BCUT2D eigenvalue weighted by atomic mass is 10.1. The normalized spacial score (nSPS) is 12.6. The van der Waals surface area contributed by atoms with E-state index in [1.54, 1.807) is 23.9 Å². The molecule has 2 aromatic carbocycles. The molecule has 3 aromatic rings. The number of ether oxygens (including phenoxy) is 2. The second-order valence-corrected chi connectivity index (χ2v) is 8.51. The Hall–Kier alpha value is -2.84. The second-order valence-electron chi connectivity index (χ2n) is 6.79. The quantitative estimate of drug-likeness (QED) is 0.638.